The first-order valence-corrected chi connectivity index (χ1v) is 18.8. The van der Waals surface area contributed by atoms with Crippen molar-refractivity contribution in [3.05, 3.63) is 63.9 Å². The Hall–Kier alpha value is -3.66. The van der Waals surface area contributed by atoms with Crippen LogP contribution in [0.25, 0.3) is 0 Å². The number of fused-ring (bicyclic) bond motifs is 2. The molecule has 274 valence electrons. The predicted octanol–water partition coefficient (Wildman–Crippen LogP) is 4.70. The molecule has 3 aromatic rings. The molecule has 6 rings (SSSR count). The first-order valence-electron chi connectivity index (χ1n) is 17.6. The first-order chi connectivity index (χ1) is 24.8. The van der Waals surface area contributed by atoms with Crippen molar-refractivity contribution in [1.29, 1.82) is 0 Å². The SMILES string of the molecule is Cc1nc(Nc2ncc(C(=O)Nc3c(C)cccc3Cl)s2)cc(N2CCN(CCOCCOCCOCCNC(=O)[C@@H]3C[C@@H]4C=C[C@H]3C4)CC2)n1. The van der Waals surface area contributed by atoms with Crippen molar-refractivity contribution in [2.24, 2.45) is 17.8 Å². The maximum Gasteiger partial charge on any atom is 0.267 e. The summed E-state index contributed by atoms with van der Waals surface area (Å²) in [6, 6.07) is 7.41. The van der Waals surface area contributed by atoms with Gasteiger partial charge < -0.3 is 35.1 Å². The van der Waals surface area contributed by atoms with Gasteiger partial charge in [0.2, 0.25) is 5.91 Å². The number of allylic oxidation sites excluding steroid dienone is 2. The van der Waals surface area contributed by atoms with Crippen molar-refractivity contribution < 1.29 is 23.8 Å². The molecule has 3 heterocycles. The number of piperazine rings is 1. The summed E-state index contributed by atoms with van der Waals surface area (Å²) in [7, 11) is 0. The molecule has 0 unspecified atom stereocenters. The second-order valence-electron chi connectivity index (χ2n) is 13.0. The van der Waals surface area contributed by atoms with Crippen LogP contribution in [0.2, 0.25) is 5.02 Å². The van der Waals surface area contributed by atoms with Crippen molar-refractivity contribution in [1.82, 2.24) is 25.2 Å². The molecular formula is C36H47ClN8O5S. The summed E-state index contributed by atoms with van der Waals surface area (Å²) in [4.78, 5) is 43.9. The van der Waals surface area contributed by atoms with Crippen molar-refractivity contribution in [2.75, 3.05) is 94.4 Å². The Morgan fingerprint density at radius 1 is 0.961 bits per heavy atom. The van der Waals surface area contributed by atoms with E-state index in [0.717, 1.165) is 56.9 Å². The Balaban J connectivity index is 0.815. The lowest BCUT2D eigenvalue weighted by atomic mass is 9.93. The van der Waals surface area contributed by atoms with E-state index in [2.05, 4.69) is 52.9 Å². The van der Waals surface area contributed by atoms with Crippen LogP contribution in [-0.4, -0.2) is 111 Å². The van der Waals surface area contributed by atoms with E-state index in [1.165, 1.54) is 11.3 Å². The van der Waals surface area contributed by atoms with E-state index in [4.69, 9.17) is 25.8 Å². The summed E-state index contributed by atoms with van der Waals surface area (Å²) in [5, 5.41) is 10.2. The Labute approximate surface area is 308 Å². The summed E-state index contributed by atoms with van der Waals surface area (Å²) in [5.41, 5.74) is 1.48. The molecule has 3 N–H and O–H groups in total. The fraction of sp³-hybridized carbons (Fsp3) is 0.528. The molecule has 2 bridgehead atoms. The van der Waals surface area contributed by atoms with E-state index in [-0.39, 0.29) is 17.7 Å². The third-order valence-corrected chi connectivity index (χ3v) is 10.6. The van der Waals surface area contributed by atoms with Gasteiger partial charge in [-0.15, -0.1) is 0 Å². The molecule has 1 aliphatic heterocycles. The van der Waals surface area contributed by atoms with Crippen LogP contribution in [0.15, 0.2) is 42.6 Å². The summed E-state index contributed by atoms with van der Waals surface area (Å²) in [6.45, 7) is 11.8. The number of hydrogen-bond donors (Lipinski definition) is 3. The lowest BCUT2D eigenvalue weighted by Crippen LogP contribution is -2.47. The van der Waals surface area contributed by atoms with E-state index >= 15 is 0 Å². The van der Waals surface area contributed by atoms with Gasteiger partial charge in [-0.2, -0.15) is 0 Å². The highest BCUT2D eigenvalue weighted by Crippen LogP contribution is 2.43. The number of ether oxygens (including phenoxy) is 3. The van der Waals surface area contributed by atoms with Gasteiger partial charge in [0.1, 0.15) is 22.3 Å². The molecular weight excluding hydrogens is 692 g/mol. The lowest BCUT2D eigenvalue weighted by Gasteiger charge is -2.35. The van der Waals surface area contributed by atoms with Crippen LogP contribution < -0.4 is 20.9 Å². The number of nitrogens with one attached hydrogen (secondary N) is 3. The molecule has 3 atom stereocenters. The van der Waals surface area contributed by atoms with Gasteiger partial charge in [-0.25, -0.2) is 15.0 Å². The summed E-state index contributed by atoms with van der Waals surface area (Å²) in [5.74, 6) is 3.18. The minimum Gasteiger partial charge on any atom is -0.378 e. The molecule has 1 aromatic carbocycles. The topological polar surface area (TPSA) is 143 Å². The average Bonchev–Trinajstić information content (AvgIpc) is 3.89. The quantitative estimate of drug-likeness (QED) is 0.124. The largest absolute Gasteiger partial charge is 0.378 e. The van der Waals surface area contributed by atoms with E-state index in [1.54, 1.807) is 12.3 Å². The normalized spacial score (nSPS) is 19.8. The van der Waals surface area contributed by atoms with Crippen LogP contribution >= 0.6 is 22.9 Å². The van der Waals surface area contributed by atoms with E-state index in [9.17, 15) is 9.59 Å². The van der Waals surface area contributed by atoms with Crippen molar-refractivity contribution in [3.8, 4) is 0 Å². The van der Waals surface area contributed by atoms with Crippen LogP contribution in [0, 0.1) is 31.6 Å². The van der Waals surface area contributed by atoms with E-state index in [0.29, 0.717) is 90.4 Å². The maximum absolute atomic E-state index is 12.9. The number of rotatable bonds is 18. The Morgan fingerprint density at radius 3 is 2.45 bits per heavy atom. The standard InChI is InChI=1S/C36H47ClN8O5S/c1-24-4-3-5-29(37)33(24)43-35(47)30-23-39-36(51-30)42-31-22-32(41-25(2)40-31)45-11-9-44(10-12-45)13-15-49-17-19-50-18-16-48-14-8-38-34(46)28-21-26-6-7-27(28)20-26/h3-7,22-23,26-28H,8-21H2,1-2H3,(H,38,46)(H,43,47)(H,39,40,41,42)/t26-,27+,28-/m1/s1. The highest BCUT2D eigenvalue weighted by molar-refractivity contribution is 7.17. The minimum absolute atomic E-state index is 0.139. The minimum atomic E-state index is -0.271. The zero-order valence-electron chi connectivity index (χ0n) is 29.2. The Morgan fingerprint density at radius 2 is 1.73 bits per heavy atom. The van der Waals surface area contributed by atoms with Gasteiger partial charge in [0.15, 0.2) is 5.13 Å². The van der Waals surface area contributed by atoms with E-state index in [1.807, 2.05) is 32.0 Å². The van der Waals surface area contributed by atoms with Gasteiger partial charge in [-0.1, -0.05) is 47.2 Å². The molecule has 13 nitrogen and oxygen atoms in total. The second kappa shape index (κ2) is 18.2. The van der Waals surface area contributed by atoms with Crippen molar-refractivity contribution in [2.45, 2.75) is 26.7 Å². The van der Waals surface area contributed by atoms with Crippen LogP contribution in [0.5, 0.6) is 0 Å². The number of aryl methyl sites for hydroxylation is 2. The number of benzene rings is 1. The zero-order valence-corrected chi connectivity index (χ0v) is 30.8. The number of nitrogens with zero attached hydrogens (tertiary/aromatic N) is 5. The highest BCUT2D eigenvalue weighted by Gasteiger charge is 2.39. The van der Waals surface area contributed by atoms with Gasteiger partial charge in [0.05, 0.1) is 56.5 Å². The number of amides is 2. The number of hydrogen-bond acceptors (Lipinski definition) is 12. The number of anilines is 4. The van der Waals surface area contributed by atoms with Gasteiger partial charge in [0.25, 0.3) is 5.91 Å². The fourth-order valence-corrected chi connectivity index (χ4v) is 7.67. The zero-order chi connectivity index (χ0) is 35.6. The summed E-state index contributed by atoms with van der Waals surface area (Å²) in [6.07, 6.45) is 8.11. The molecule has 15 heteroatoms. The predicted molar refractivity (Wildman–Crippen MR) is 199 cm³/mol. The molecule has 1 saturated heterocycles. The number of halogens is 1. The molecule has 51 heavy (non-hydrogen) atoms. The molecule has 2 aliphatic carbocycles. The maximum atomic E-state index is 12.9. The van der Waals surface area contributed by atoms with Crippen LogP contribution in [-0.2, 0) is 19.0 Å². The van der Waals surface area contributed by atoms with Crippen LogP contribution in [0.4, 0.5) is 22.5 Å². The Bertz CT molecular complexity index is 1650. The summed E-state index contributed by atoms with van der Waals surface area (Å²) < 4.78 is 17.0. The number of carbonyl (C=O) groups excluding carboxylic acids is 2. The van der Waals surface area contributed by atoms with Gasteiger partial charge >= 0.3 is 0 Å². The monoisotopic (exact) mass is 738 g/mol. The third-order valence-electron chi connectivity index (χ3n) is 9.40. The van der Waals surface area contributed by atoms with Crippen LogP contribution in [0.1, 0.15) is 33.9 Å². The van der Waals surface area contributed by atoms with Crippen molar-refractivity contribution in [3.63, 3.8) is 0 Å². The lowest BCUT2D eigenvalue weighted by molar-refractivity contribution is -0.126. The van der Waals surface area contributed by atoms with Gasteiger partial charge in [-0.3, -0.25) is 14.5 Å². The average molecular weight is 739 g/mol. The second-order valence-corrected chi connectivity index (χ2v) is 14.5. The van der Waals surface area contributed by atoms with Crippen molar-refractivity contribution >= 4 is 57.2 Å². The van der Waals surface area contributed by atoms with Crippen LogP contribution in [0.3, 0.4) is 0 Å². The first kappa shape index (κ1) is 37.1. The molecule has 2 aromatic heterocycles. The van der Waals surface area contributed by atoms with E-state index < -0.39 is 0 Å². The number of thiazole rings is 1. The van der Waals surface area contributed by atoms with Gasteiger partial charge in [0, 0.05) is 51.3 Å². The third kappa shape index (κ3) is 10.5. The molecule has 2 amide bonds. The molecule has 2 fully saturated rings. The molecule has 1 saturated carbocycles. The summed E-state index contributed by atoms with van der Waals surface area (Å²) >= 11 is 7.52. The fourth-order valence-electron chi connectivity index (χ4n) is 6.69. The molecule has 0 spiro atoms. The molecule has 0 radical (unpaired) electrons. The number of aromatic nitrogens is 3. The number of para-hydroxylation sites is 1. The number of carbonyl (C=O) groups is 2. The van der Waals surface area contributed by atoms with Gasteiger partial charge in [-0.05, 0) is 50.2 Å². The molecule has 3 aliphatic rings. The smallest absolute Gasteiger partial charge is 0.267 e. The highest BCUT2D eigenvalue weighted by atomic mass is 35.5. The Kier molecular flexibility index (Phi) is 13.2.